The van der Waals surface area contributed by atoms with E-state index in [1.54, 1.807) is 0 Å². The third-order valence-corrected chi connectivity index (χ3v) is 1.20. The molecule has 0 bridgehead atoms. The van der Waals surface area contributed by atoms with Crippen molar-refractivity contribution in [2.24, 2.45) is 16.5 Å². The van der Waals surface area contributed by atoms with Gasteiger partial charge < -0.3 is 11.5 Å². The number of unbranched alkanes of at least 4 members (excludes halogenated alkanes) is 1. The molecule has 4 nitrogen and oxygen atoms in total. The van der Waals surface area contributed by atoms with Crippen LogP contribution in [-0.4, -0.2) is 18.2 Å². The molecule has 0 aromatic heterocycles. The molecule has 0 heterocycles. The third-order valence-electron chi connectivity index (χ3n) is 1.20. The fourth-order valence-corrected chi connectivity index (χ4v) is 0.632. The topological polar surface area (TPSA) is 88.2 Å². The Bertz CT molecular complexity index is 151. The maximum Gasteiger partial charge on any atom is 0.101 e. The molecule has 0 saturated heterocycles. The van der Waals surface area contributed by atoms with Crippen molar-refractivity contribution in [1.82, 2.24) is 0 Å². The molecule has 0 saturated carbocycles. The molecule has 11 heavy (non-hydrogen) atoms. The minimum Gasteiger partial charge on any atom is -0.387 e. The van der Waals surface area contributed by atoms with Crippen molar-refractivity contribution in [3.8, 4) is 0 Å². The summed E-state index contributed by atoms with van der Waals surface area (Å²) in [4.78, 5) is 4.03. The van der Waals surface area contributed by atoms with Crippen LogP contribution in [0.3, 0.4) is 0 Å². The van der Waals surface area contributed by atoms with Gasteiger partial charge in [0.1, 0.15) is 5.84 Å². The van der Waals surface area contributed by atoms with Crippen LogP contribution in [0.5, 0.6) is 0 Å². The molecule has 0 fully saturated rings. The third kappa shape index (κ3) is 6.83. The first-order chi connectivity index (χ1) is 5.16. The second-order valence-corrected chi connectivity index (χ2v) is 2.43. The lowest BCUT2D eigenvalue weighted by Crippen LogP contribution is -2.22. The average molecular weight is 156 g/mol. The molecule has 0 radical (unpaired) electrons. The molecule has 4 heteroatoms. The van der Waals surface area contributed by atoms with Gasteiger partial charge >= 0.3 is 0 Å². The lowest BCUT2D eigenvalue weighted by molar-refractivity contribution is 0.806. The first-order valence-electron chi connectivity index (χ1n) is 3.78. The van der Waals surface area contributed by atoms with Gasteiger partial charge in [-0.15, -0.1) is 0 Å². The standard InChI is InChI=1S/C7H16N4/c1-2-3-4-11-7(10)5-6(8)9/h2-5H2,1H3,(H3,8,9)(H2,10,11). The minimum absolute atomic E-state index is 0.0720. The molecule has 0 aromatic rings. The molecule has 5 N–H and O–H groups in total. The minimum atomic E-state index is 0.0720. The van der Waals surface area contributed by atoms with Crippen LogP contribution in [0.25, 0.3) is 0 Å². The summed E-state index contributed by atoms with van der Waals surface area (Å²) in [6, 6.07) is 0. The Morgan fingerprint density at radius 2 is 2.09 bits per heavy atom. The second kappa shape index (κ2) is 5.70. The van der Waals surface area contributed by atoms with E-state index in [1.165, 1.54) is 0 Å². The summed E-state index contributed by atoms with van der Waals surface area (Å²) >= 11 is 0. The van der Waals surface area contributed by atoms with E-state index in [4.69, 9.17) is 16.9 Å². The van der Waals surface area contributed by atoms with Crippen molar-refractivity contribution >= 4 is 11.7 Å². The van der Waals surface area contributed by atoms with Gasteiger partial charge in [-0.05, 0) is 6.42 Å². The highest BCUT2D eigenvalue weighted by molar-refractivity contribution is 5.99. The molecular formula is C7H16N4. The van der Waals surface area contributed by atoms with Gasteiger partial charge in [-0.1, -0.05) is 13.3 Å². The van der Waals surface area contributed by atoms with Crippen molar-refractivity contribution in [2.75, 3.05) is 6.54 Å². The van der Waals surface area contributed by atoms with Crippen LogP contribution in [0, 0.1) is 5.41 Å². The number of nitrogens with one attached hydrogen (secondary N) is 1. The van der Waals surface area contributed by atoms with E-state index in [-0.39, 0.29) is 5.84 Å². The summed E-state index contributed by atoms with van der Waals surface area (Å²) in [5.74, 6) is 0.536. The van der Waals surface area contributed by atoms with E-state index in [0.29, 0.717) is 12.3 Å². The number of hydrogen-bond acceptors (Lipinski definition) is 2. The van der Waals surface area contributed by atoms with Gasteiger partial charge in [-0.25, -0.2) is 0 Å². The van der Waals surface area contributed by atoms with E-state index in [2.05, 4.69) is 11.9 Å². The number of nitrogens with two attached hydrogens (primary N) is 2. The van der Waals surface area contributed by atoms with Crippen LogP contribution in [0.15, 0.2) is 4.99 Å². The molecule has 0 aliphatic carbocycles. The van der Waals surface area contributed by atoms with Gasteiger partial charge in [0.2, 0.25) is 0 Å². The Morgan fingerprint density at radius 1 is 1.45 bits per heavy atom. The Labute approximate surface area is 67.2 Å². The highest BCUT2D eigenvalue weighted by atomic mass is 14.9. The molecule has 0 aliphatic heterocycles. The maximum absolute atomic E-state index is 6.92. The summed E-state index contributed by atoms with van der Waals surface area (Å²) in [7, 11) is 0. The molecule has 0 spiro atoms. The zero-order valence-corrected chi connectivity index (χ0v) is 6.93. The summed E-state index contributed by atoms with van der Waals surface area (Å²) in [6.07, 6.45) is 2.44. The SMILES string of the molecule is CCCCN=C(N)CC(=N)N. The molecule has 0 atom stereocenters. The second-order valence-electron chi connectivity index (χ2n) is 2.43. The summed E-state index contributed by atoms with van der Waals surface area (Å²) in [6.45, 7) is 2.84. The van der Waals surface area contributed by atoms with Gasteiger partial charge in [-0.3, -0.25) is 10.4 Å². The summed E-state index contributed by atoms with van der Waals surface area (Å²) in [5.41, 5.74) is 10.6. The van der Waals surface area contributed by atoms with Crippen LogP contribution in [0.1, 0.15) is 26.2 Å². The van der Waals surface area contributed by atoms with E-state index in [1.807, 2.05) is 0 Å². The van der Waals surface area contributed by atoms with Gasteiger partial charge in [0.25, 0.3) is 0 Å². The Hall–Kier alpha value is -1.06. The zero-order chi connectivity index (χ0) is 8.69. The molecule has 0 amide bonds. The average Bonchev–Trinajstić information content (AvgIpc) is 1.86. The number of hydrogen-bond donors (Lipinski definition) is 3. The Kier molecular flexibility index (Phi) is 5.15. The molecule has 64 valence electrons. The monoisotopic (exact) mass is 156 g/mol. The molecule has 0 aliphatic rings. The lowest BCUT2D eigenvalue weighted by Gasteiger charge is -1.97. The fourth-order valence-electron chi connectivity index (χ4n) is 0.632. The zero-order valence-electron chi connectivity index (χ0n) is 6.93. The number of nitrogens with zero attached hydrogens (tertiary/aromatic N) is 1. The normalized spacial score (nSPS) is 11.5. The number of amidine groups is 2. The summed E-state index contributed by atoms with van der Waals surface area (Å²) < 4.78 is 0. The lowest BCUT2D eigenvalue weighted by atomic mass is 10.3. The van der Waals surface area contributed by atoms with Gasteiger partial charge in [0.05, 0.1) is 12.3 Å². The molecule has 0 rings (SSSR count). The number of aliphatic imine (C=N–C) groups is 1. The molecule has 0 unspecified atom stereocenters. The predicted octanol–water partition coefficient (Wildman–Crippen LogP) is 0.470. The highest BCUT2D eigenvalue weighted by Crippen LogP contribution is 1.88. The van der Waals surface area contributed by atoms with Crippen molar-refractivity contribution in [3.05, 3.63) is 0 Å². The summed E-state index contributed by atoms with van der Waals surface area (Å²) in [5, 5.41) is 6.92. The first-order valence-corrected chi connectivity index (χ1v) is 3.78. The van der Waals surface area contributed by atoms with Gasteiger partial charge in [-0.2, -0.15) is 0 Å². The van der Waals surface area contributed by atoms with Crippen LogP contribution in [-0.2, 0) is 0 Å². The largest absolute Gasteiger partial charge is 0.387 e. The highest BCUT2D eigenvalue weighted by Gasteiger charge is 1.93. The van der Waals surface area contributed by atoms with Crippen LogP contribution < -0.4 is 11.5 Å². The van der Waals surface area contributed by atoms with Gasteiger partial charge in [0.15, 0.2) is 0 Å². The van der Waals surface area contributed by atoms with E-state index in [0.717, 1.165) is 19.4 Å². The Balaban J connectivity index is 3.54. The Morgan fingerprint density at radius 3 is 2.55 bits per heavy atom. The van der Waals surface area contributed by atoms with Crippen LogP contribution in [0.2, 0.25) is 0 Å². The van der Waals surface area contributed by atoms with E-state index >= 15 is 0 Å². The molecular weight excluding hydrogens is 140 g/mol. The first kappa shape index (κ1) is 9.94. The predicted molar refractivity (Wildman–Crippen MR) is 47.9 cm³/mol. The molecule has 0 aromatic carbocycles. The van der Waals surface area contributed by atoms with Crippen molar-refractivity contribution in [2.45, 2.75) is 26.2 Å². The van der Waals surface area contributed by atoms with E-state index in [9.17, 15) is 0 Å². The van der Waals surface area contributed by atoms with Crippen molar-refractivity contribution in [3.63, 3.8) is 0 Å². The van der Waals surface area contributed by atoms with Crippen LogP contribution in [0.4, 0.5) is 0 Å². The quantitative estimate of drug-likeness (QED) is 0.307. The van der Waals surface area contributed by atoms with Gasteiger partial charge in [0, 0.05) is 6.54 Å². The fraction of sp³-hybridized carbons (Fsp3) is 0.714. The van der Waals surface area contributed by atoms with Crippen molar-refractivity contribution in [1.29, 1.82) is 5.41 Å². The number of rotatable bonds is 5. The van der Waals surface area contributed by atoms with Crippen molar-refractivity contribution < 1.29 is 0 Å². The van der Waals surface area contributed by atoms with Crippen LogP contribution >= 0.6 is 0 Å². The van der Waals surface area contributed by atoms with E-state index < -0.39 is 0 Å². The smallest absolute Gasteiger partial charge is 0.101 e. The maximum atomic E-state index is 6.92.